The molecule has 0 radical (unpaired) electrons. The van der Waals surface area contributed by atoms with E-state index in [4.69, 9.17) is 29.8 Å². The van der Waals surface area contributed by atoms with E-state index < -0.39 is 8.32 Å². The lowest BCUT2D eigenvalue weighted by Gasteiger charge is -2.48. The van der Waals surface area contributed by atoms with Crippen LogP contribution >= 0.6 is 0 Å². The normalized spacial score (nSPS) is 21.9. The molecule has 0 aliphatic carbocycles. The van der Waals surface area contributed by atoms with Crippen LogP contribution in [0.2, 0.25) is 16.6 Å². The number of methoxy groups -OCH3 is 1. The molecule has 192 valence electrons. The van der Waals surface area contributed by atoms with E-state index in [0.717, 1.165) is 12.8 Å². The van der Waals surface area contributed by atoms with Crippen molar-refractivity contribution in [2.24, 2.45) is 5.92 Å². The van der Waals surface area contributed by atoms with Gasteiger partial charge in [-0.05, 0) is 42.3 Å². The van der Waals surface area contributed by atoms with E-state index in [1.807, 2.05) is 6.92 Å². The molecule has 0 spiro atoms. The Morgan fingerprint density at radius 2 is 1.70 bits per heavy atom. The predicted octanol–water partition coefficient (Wildman–Crippen LogP) is 5.70. The number of rotatable bonds is 15. The van der Waals surface area contributed by atoms with E-state index in [1.54, 1.807) is 7.11 Å². The molecule has 7 heteroatoms. The van der Waals surface area contributed by atoms with Crippen LogP contribution in [0.4, 0.5) is 0 Å². The third-order valence-corrected chi connectivity index (χ3v) is 13.1. The van der Waals surface area contributed by atoms with Gasteiger partial charge in [-0.25, -0.2) is 0 Å². The molecule has 5 atom stereocenters. The molecule has 1 heterocycles. The number of carbonyl (C=O) groups is 1. The largest absolute Gasteiger partial charge is 0.466 e. The quantitative estimate of drug-likeness (QED) is 0.129. The topological polar surface area (TPSA) is 63.2 Å². The Balaban J connectivity index is 3.27. The molecule has 0 amide bonds. The fraction of sp³-hybridized carbons (Fsp3) is 0.885. The first-order valence-electron chi connectivity index (χ1n) is 12.6. The van der Waals surface area contributed by atoms with Crippen molar-refractivity contribution in [3.63, 3.8) is 0 Å². The summed E-state index contributed by atoms with van der Waals surface area (Å²) in [5, 5.41) is 0. The highest BCUT2D eigenvalue weighted by Gasteiger charge is 2.50. The van der Waals surface area contributed by atoms with Crippen LogP contribution in [-0.2, 0) is 28.2 Å². The summed E-state index contributed by atoms with van der Waals surface area (Å²) >= 11 is 0. The van der Waals surface area contributed by atoms with E-state index in [1.165, 1.54) is 0 Å². The Morgan fingerprint density at radius 3 is 2.18 bits per heavy atom. The summed E-state index contributed by atoms with van der Waals surface area (Å²) in [6.45, 7) is 18.2. The molecule has 1 aliphatic heterocycles. The number of terminal acetylenes is 1. The molecule has 1 fully saturated rings. The van der Waals surface area contributed by atoms with Crippen LogP contribution in [0.25, 0.3) is 0 Å². The van der Waals surface area contributed by atoms with Gasteiger partial charge in [-0.15, -0.1) is 12.3 Å². The molecule has 6 nitrogen and oxygen atoms in total. The molecule has 0 bridgehead atoms. The van der Waals surface area contributed by atoms with Gasteiger partial charge in [0, 0.05) is 13.5 Å². The summed E-state index contributed by atoms with van der Waals surface area (Å²) in [6, 6.07) is 0. The smallest absolute Gasteiger partial charge is 0.308 e. The maximum Gasteiger partial charge on any atom is 0.308 e. The minimum absolute atomic E-state index is 0.0905. The lowest BCUT2D eigenvalue weighted by Crippen LogP contribution is -2.56. The van der Waals surface area contributed by atoms with Crippen LogP contribution < -0.4 is 0 Å². The van der Waals surface area contributed by atoms with Crippen molar-refractivity contribution < 1.29 is 28.2 Å². The van der Waals surface area contributed by atoms with E-state index >= 15 is 0 Å². The Hall–Kier alpha value is -0.913. The molecular formula is C26H48O6Si. The molecular weight excluding hydrogens is 436 g/mol. The Kier molecular flexibility index (Phi) is 13.2. The van der Waals surface area contributed by atoms with Crippen LogP contribution in [0.1, 0.15) is 81.1 Å². The van der Waals surface area contributed by atoms with Gasteiger partial charge in [-0.2, -0.15) is 0 Å². The lowest BCUT2D eigenvalue weighted by molar-refractivity contribution is -0.169. The van der Waals surface area contributed by atoms with E-state index in [0.29, 0.717) is 29.7 Å². The third-order valence-electron chi connectivity index (χ3n) is 6.96. The highest BCUT2D eigenvalue weighted by atomic mass is 28.4. The average Bonchev–Trinajstić information content (AvgIpc) is 3.17. The highest BCUT2D eigenvalue weighted by Crippen LogP contribution is 2.45. The van der Waals surface area contributed by atoms with Crippen molar-refractivity contribution in [3.05, 3.63) is 0 Å². The first-order valence-corrected chi connectivity index (χ1v) is 14.7. The second kappa shape index (κ2) is 14.5. The maximum atomic E-state index is 12.0. The van der Waals surface area contributed by atoms with Crippen molar-refractivity contribution in [3.8, 4) is 12.3 Å². The Labute approximate surface area is 203 Å². The second-order valence-corrected chi connectivity index (χ2v) is 15.6. The number of esters is 1. The fourth-order valence-corrected chi connectivity index (χ4v) is 11.2. The first-order chi connectivity index (χ1) is 15.5. The van der Waals surface area contributed by atoms with Crippen molar-refractivity contribution in [1.82, 2.24) is 0 Å². The van der Waals surface area contributed by atoms with Gasteiger partial charge in [-0.1, -0.05) is 48.5 Å². The predicted molar refractivity (Wildman–Crippen MR) is 134 cm³/mol. The van der Waals surface area contributed by atoms with Crippen molar-refractivity contribution in [2.45, 2.75) is 122 Å². The first kappa shape index (κ1) is 30.1. The van der Waals surface area contributed by atoms with Crippen molar-refractivity contribution >= 4 is 14.3 Å². The van der Waals surface area contributed by atoms with Crippen LogP contribution in [0.15, 0.2) is 0 Å². The maximum absolute atomic E-state index is 12.0. The minimum Gasteiger partial charge on any atom is -0.466 e. The number of hydrogen-bond donors (Lipinski definition) is 0. The van der Waals surface area contributed by atoms with Gasteiger partial charge in [0.25, 0.3) is 0 Å². The van der Waals surface area contributed by atoms with Gasteiger partial charge in [0.2, 0.25) is 8.32 Å². The molecule has 1 rings (SSSR count). The molecule has 0 aromatic heterocycles. The molecule has 1 aliphatic rings. The van der Waals surface area contributed by atoms with Gasteiger partial charge in [0.15, 0.2) is 0 Å². The molecule has 33 heavy (non-hydrogen) atoms. The summed E-state index contributed by atoms with van der Waals surface area (Å²) in [5.41, 5.74) is 1.30. The SMILES string of the molecule is C#CC[C@@H](C)[C@@H](O[Si](C(C)C)(C(C)C)C(C)C)[C@H](OCOC)[C@@H]1CC[C@H](CC(=O)OCC)O1. The number of hydrogen-bond acceptors (Lipinski definition) is 6. The third kappa shape index (κ3) is 8.07. The van der Waals surface area contributed by atoms with Gasteiger partial charge < -0.3 is 23.4 Å². The molecule has 0 aromatic carbocycles. The molecule has 0 saturated carbocycles. The van der Waals surface area contributed by atoms with Gasteiger partial charge in [0.1, 0.15) is 12.9 Å². The summed E-state index contributed by atoms with van der Waals surface area (Å²) < 4.78 is 30.3. The van der Waals surface area contributed by atoms with Crippen LogP contribution in [0, 0.1) is 18.3 Å². The monoisotopic (exact) mass is 484 g/mol. The summed E-state index contributed by atoms with van der Waals surface area (Å²) in [7, 11) is -0.591. The van der Waals surface area contributed by atoms with Crippen LogP contribution in [0.5, 0.6) is 0 Å². The van der Waals surface area contributed by atoms with Gasteiger partial charge in [-0.3, -0.25) is 4.79 Å². The van der Waals surface area contributed by atoms with Crippen LogP contribution in [-0.4, -0.2) is 59.2 Å². The zero-order chi connectivity index (χ0) is 25.2. The molecule has 0 N–H and O–H groups in total. The second-order valence-electron chi connectivity index (χ2n) is 10.2. The summed E-state index contributed by atoms with van der Waals surface area (Å²) in [4.78, 5) is 12.0. The van der Waals surface area contributed by atoms with E-state index in [-0.39, 0.29) is 49.5 Å². The van der Waals surface area contributed by atoms with Crippen LogP contribution in [0.3, 0.4) is 0 Å². The minimum atomic E-state index is -2.21. The summed E-state index contributed by atoms with van der Waals surface area (Å²) in [5.74, 6) is 2.68. The van der Waals surface area contributed by atoms with Crippen molar-refractivity contribution in [2.75, 3.05) is 20.5 Å². The Morgan fingerprint density at radius 1 is 1.09 bits per heavy atom. The average molecular weight is 485 g/mol. The van der Waals surface area contributed by atoms with Gasteiger partial charge in [0.05, 0.1) is 31.3 Å². The zero-order valence-electron chi connectivity index (χ0n) is 22.4. The number of carbonyl (C=O) groups excluding carboxylic acids is 1. The van der Waals surface area contributed by atoms with E-state index in [9.17, 15) is 4.79 Å². The molecule has 1 saturated heterocycles. The molecule has 0 aromatic rings. The lowest BCUT2D eigenvalue weighted by atomic mass is 9.92. The summed E-state index contributed by atoms with van der Waals surface area (Å²) in [6.07, 6.45) is 7.24. The van der Waals surface area contributed by atoms with E-state index in [2.05, 4.69) is 54.4 Å². The zero-order valence-corrected chi connectivity index (χ0v) is 23.4. The standard InChI is InChI=1S/C26H48O6Si/c1-11-13-21(9)25(32-33(18(3)4,19(5)6)20(7)8)26(30-17-28-10)23-15-14-22(31-23)16-24(27)29-12-2/h1,18-23,25-26H,12-17H2,2-10H3/t21-,22-,23+,25-,26-/m1/s1. The molecule has 0 unspecified atom stereocenters. The number of ether oxygens (including phenoxy) is 4. The fourth-order valence-electron chi connectivity index (χ4n) is 5.54. The highest BCUT2D eigenvalue weighted by molar-refractivity contribution is 6.77. The van der Waals surface area contributed by atoms with Gasteiger partial charge >= 0.3 is 5.97 Å². The van der Waals surface area contributed by atoms with Crippen molar-refractivity contribution in [1.29, 1.82) is 0 Å². The Bertz CT molecular complexity index is 593.